The Morgan fingerprint density at radius 1 is 1.12 bits per heavy atom. The van der Waals surface area contributed by atoms with Crippen molar-refractivity contribution in [2.24, 2.45) is 4.99 Å². The number of aliphatic imine (C=N–C) groups is 1. The third-order valence-electron chi connectivity index (χ3n) is 5.86. The summed E-state index contributed by atoms with van der Waals surface area (Å²) in [6.07, 6.45) is 0.822. The van der Waals surface area contributed by atoms with Crippen LogP contribution < -0.4 is 24.6 Å². The van der Waals surface area contributed by atoms with Crippen LogP contribution in [0.4, 0.5) is 11.4 Å². The molecule has 0 radical (unpaired) electrons. The Hall–Kier alpha value is -3.42. The number of piperazine rings is 1. The fourth-order valence-corrected chi connectivity index (χ4v) is 4.15. The lowest BCUT2D eigenvalue weighted by Crippen LogP contribution is -2.52. The number of para-hydroxylation sites is 2. The zero-order valence-corrected chi connectivity index (χ0v) is 18.8. The maximum absolute atomic E-state index is 12.3. The second-order valence-electron chi connectivity index (χ2n) is 7.80. The second kappa shape index (κ2) is 10.3. The fraction of sp³-hybridized carbons (Fsp3) is 0.417. The van der Waals surface area contributed by atoms with E-state index in [1.54, 1.807) is 7.11 Å². The summed E-state index contributed by atoms with van der Waals surface area (Å²) in [4.78, 5) is 23.2. The number of carbonyl (C=O) groups excluding carboxylic acids is 1. The summed E-state index contributed by atoms with van der Waals surface area (Å²) >= 11 is 0. The highest BCUT2D eigenvalue weighted by Gasteiger charge is 2.25. The molecule has 170 valence electrons. The molecule has 2 aliphatic heterocycles. The maximum atomic E-state index is 12.3. The van der Waals surface area contributed by atoms with Gasteiger partial charge in [0.1, 0.15) is 11.5 Å². The summed E-state index contributed by atoms with van der Waals surface area (Å²) in [5.74, 6) is 2.55. The molecule has 0 atom stereocenters. The van der Waals surface area contributed by atoms with Crippen LogP contribution in [0.3, 0.4) is 0 Å². The van der Waals surface area contributed by atoms with Crippen molar-refractivity contribution in [2.45, 2.75) is 6.42 Å². The molecule has 0 saturated carbocycles. The smallest absolute Gasteiger partial charge is 0.265 e. The molecule has 2 aromatic carbocycles. The van der Waals surface area contributed by atoms with Gasteiger partial charge in [-0.3, -0.25) is 9.79 Å². The van der Waals surface area contributed by atoms with Crippen LogP contribution in [0.5, 0.6) is 11.5 Å². The molecule has 0 bridgehead atoms. The Labute approximate surface area is 189 Å². The number of amides is 1. The predicted molar refractivity (Wildman–Crippen MR) is 127 cm³/mol. The van der Waals surface area contributed by atoms with Crippen molar-refractivity contribution < 1.29 is 14.3 Å². The SMILES string of the molecule is CN=C(NCCCN1C(=O)COc2ccccc21)N1CCN(c2cccc(OC)c2)CC1. The monoisotopic (exact) mass is 437 g/mol. The summed E-state index contributed by atoms with van der Waals surface area (Å²) in [6.45, 7) is 5.13. The van der Waals surface area contributed by atoms with E-state index in [1.165, 1.54) is 5.69 Å². The summed E-state index contributed by atoms with van der Waals surface area (Å²) in [7, 11) is 3.51. The molecular weight excluding hydrogens is 406 g/mol. The largest absolute Gasteiger partial charge is 0.497 e. The zero-order chi connectivity index (χ0) is 22.3. The van der Waals surface area contributed by atoms with Gasteiger partial charge in [-0.25, -0.2) is 0 Å². The van der Waals surface area contributed by atoms with E-state index >= 15 is 0 Å². The van der Waals surface area contributed by atoms with Crippen LogP contribution >= 0.6 is 0 Å². The van der Waals surface area contributed by atoms with Gasteiger partial charge in [0.15, 0.2) is 12.6 Å². The van der Waals surface area contributed by atoms with Gasteiger partial charge in [0, 0.05) is 58.1 Å². The number of carbonyl (C=O) groups is 1. The quantitative estimate of drug-likeness (QED) is 0.425. The van der Waals surface area contributed by atoms with Gasteiger partial charge in [-0.05, 0) is 30.7 Å². The first-order chi connectivity index (χ1) is 15.7. The molecule has 1 amide bonds. The van der Waals surface area contributed by atoms with Crippen LogP contribution in [0.15, 0.2) is 53.5 Å². The van der Waals surface area contributed by atoms with Crippen LogP contribution in [0.25, 0.3) is 0 Å². The van der Waals surface area contributed by atoms with Gasteiger partial charge in [-0.2, -0.15) is 0 Å². The number of hydrogen-bond acceptors (Lipinski definition) is 5. The molecule has 1 N–H and O–H groups in total. The van der Waals surface area contributed by atoms with Crippen molar-refractivity contribution in [3.63, 3.8) is 0 Å². The number of ether oxygens (including phenoxy) is 2. The number of fused-ring (bicyclic) bond motifs is 1. The second-order valence-corrected chi connectivity index (χ2v) is 7.80. The third kappa shape index (κ3) is 4.90. The van der Waals surface area contributed by atoms with Crippen LogP contribution in [-0.2, 0) is 4.79 Å². The Morgan fingerprint density at radius 3 is 2.72 bits per heavy atom. The van der Waals surface area contributed by atoms with E-state index in [9.17, 15) is 4.79 Å². The zero-order valence-electron chi connectivity index (χ0n) is 18.8. The molecule has 32 heavy (non-hydrogen) atoms. The first-order valence-electron chi connectivity index (χ1n) is 11.1. The first kappa shape index (κ1) is 21.8. The minimum atomic E-state index is 0.00162. The van der Waals surface area contributed by atoms with E-state index in [1.807, 2.05) is 48.3 Å². The topological polar surface area (TPSA) is 69.6 Å². The van der Waals surface area contributed by atoms with Crippen LogP contribution in [0, 0.1) is 0 Å². The number of rotatable bonds is 6. The minimum absolute atomic E-state index is 0.00162. The molecular formula is C24H31N5O3. The standard InChI is InChI=1S/C24H31N5O3/c1-25-24(28-15-13-27(14-16-28)19-7-5-8-20(17-19)31-2)26-11-6-12-29-21-9-3-4-10-22(21)32-18-23(29)30/h3-5,7-10,17H,6,11-16,18H2,1-2H3,(H,25,26). The van der Waals surface area contributed by atoms with Gasteiger partial charge in [-0.15, -0.1) is 0 Å². The van der Waals surface area contributed by atoms with Crippen molar-refractivity contribution >= 4 is 23.2 Å². The van der Waals surface area contributed by atoms with Crippen LogP contribution in [0.1, 0.15) is 6.42 Å². The average Bonchev–Trinajstić information content (AvgIpc) is 2.85. The van der Waals surface area contributed by atoms with E-state index in [0.717, 1.165) is 62.3 Å². The molecule has 0 aliphatic carbocycles. The Kier molecular flexibility index (Phi) is 6.99. The van der Waals surface area contributed by atoms with E-state index in [2.05, 4.69) is 32.2 Å². The summed E-state index contributed by atoms with van der Waals surface area (Å²) in [6, 6.07) is 15.9. The average molecular weight is 438 g/mol. The predicted octanol–water partition coefficient (Wildman–Crippen LogP) is 2.21. The van der Waals surface area contributed by atoms with E-state index in [-0.39, 0.29) is 12.5 Å². The molecule has 1 fully saturated rings. The number of nitrogens with one attached hydrogen (secondary N) is 1. The normalized spacial score (nSPS) is 16.5. The van der Waals surface area contributed by atoms with Crippen LogP contribution in [-0.4, -0.2) is 76.8 Å². The fourth-order valence-electron chi connectivity index (χ4n) is 4.15. The number of nitrogens with zero attached hydrogens (tertiary/aromatic N) is 4. The Bertz CT molecular complexity index is 956. The van der Waals surface area contributed by atoms with Crippen molar-refractivity contribution in [2.75, 3.05) is 69.8 Å². The number of benzene rings is 2. The number of hydrogen-bond donors (Lipinski definition) is 1. The third-order valence-corrected chi connectivity index (χ3v) is 5.86. The summed E-state index contributed by atoms with van der Waals surface area (Å²) in [5.41, 5.74) is 2.03. The van der Waals surface area contributed by atoms with Crippen molar-refractivity contribution in [1.82, 2.24) is 10.2 Å². The van der Waals surface area contributed by atoms with Crippen molar-refractivity contribution in [3.05, 3.63) is 48.5 Å². The maximum Gasteiger partial charge on any atom is 0.265 e. The lowest BCUT2D eigenvalue weighted by atomic mass is 10.2. The van der Waals surface area contributed by atoms with Gasteiger partial charge < -0.3 is 29.5 Å². The lowest BCUT2D eigenvalue weighted by Gasteiger charge is -2.37. The van der Waals surface area contributed by atoms with Gasteiger partial charge in [0.2, 0.25) is 0 Å². The molecule has 2 aromatic rings. The van der Waals surface area contributed by atoms with Crippen molar-refractivity contribution in [3.8, 4) is 11.5 Å². The molecule has 4 rings (SSSR count). The summed E-state index contributed by atoms with van der Waals surface area (Å²) in [5, 5.41) is 3.46. The van der Waals surface area contributed by atoms with E-state index < -0.39 is 0 Å². The summed E-state index contributed by atoms with van der Waals surface area (Å²) < 4.78 is 10.9. The molecule has 8 nitrogen and oxygen atoms in total. The first-order valence-corrected chi connectivity index (χ1v) is 11.1. The highest BCUT2D eigenvalue weighted by atomic mass is 16.5. The highest BCUT2D eigenvalue weighted by Crippen LogP contribution is 2.31. The molecule has 2 aliphatic rings. The molecule has 0 spiro atoms. The Morgan fingerprint density at radius 2 is 1.94 bits per heavy atom. The molecule has 2 heterocycles. The highest BCUT2D eigenvalue weighted by molar-refractivity contribution is 5.97. The van der Waals surface area contributed by atoms with Crippen LogP contribution in [0.2, 0.25) is 0 Å². The molecule has 1 saturated heterocycles. The lowest BCUT2D eigenvalue weighted by molar-refractivity contribution is -0.121. The number of guanidine groups is 1. The minimum Gasteiger partial charge on any atom is -0.497 e. The molecule has 0 unspecified atom stereocenters. The van der Waals surface area contributed by atoms with E-state index in [0.29, 0.717) is 6.54 Å². The molecule has 8 heteroatoms. The number of methoxy groups -OCH3 is 1. The van der Waals surface area contributed by atoms with Gasteiger partial charge >= 0.3 is 0 Å². The van der Waals surface area contributed by atoms with Gasteiger partial charge in [0.05, 0.1) is 12.8 Å². The van der Waals surface area contributed by atoms with Crippen molar-refractivity contribution in [1.29, 1.82) is 0 Å². The molecule has 0 aromatic heterocycles. The Balaban J connectivity index is 1.25. The number of anilines is 2. The van der Waals surface area contributed by atoms with Gasteiger partial charge in [0.25, 0.3) is 5.91 Å². The van der Waals surface area contributed by atoms with Gasteiger partial charge in [-0.1, -0.05) is 18.2 Å². The van der Waals surface area contributed by atoms with E-state index in [4.69, 9.17) is 9.47 Å².